The van der Waals surface area contributed by atoms with Gasteiger partial charge in [-0.05, 0) is 11.1 Å². The minimum Gasteiger partial charge on any atom is -0.0757 e. The van der Waals surface area contributed by atoms with E-state index in [0.717, 1.165) is 11.1 Å². The molecule has 0 aliphatic heterocycles. The zero-order valence-corrected chi connectivity index (χ0v) is 29.6. The first-order valence-corrected chi connectivity index (χ1v) is 15.9. The fourth-order valence-corrected chi connectivity index (χ4v) is 12.5. The average molecular weight is 1030 g/mol. The minimum absolute atomic E-state index is 0.0248. The molecule has 0 N–H and O–H groups in total. The molecule has 0 saturated heterocycles. The summed E-state index contributed by atoms with van der Waals surface area (Å²) in [6.45, 7) is 0. The molecular weight excluding hydrogens is 1020 g/mol. The van der Waals surface area contributed by atoms with Crippen LogP contribution in [0, 0.1) is 0 Å². The summed E-state index contributed by atoms with van der Waals surface area (Å²) in [4.78, 5) is 0. The lowest BCUT2D eigenvalue weighted by Gasteiger charge is -2.51. The third-order valence-electron chi connectivity index (χ3n) is 4.14. The Morgan fingerprint density at radius 1 is 0.571 bits per heavy atom. The highest BCUT2D eigenvalue weighted by Gasteiger charge is 2.67. The van der Waals surface area contributed by atoms with Crippen LogP contribution in [-0.4, -0.2) is 13.4 Å². The Kier molecular flexibility index (Phi) is 10.5. The van der Waals surface area contributed by atoms with Crippen LogP contribution >= 0.6 is 159 Å². The van der Waals surface area contributed by atoms with Gasteiger partial charge in [-0.1, -0.05) is 220 Å². The van der Waals surface area contributed by atoms with E-state index in [9.17, 15) is 0 Å². The summed E-state index contributed by atoms with van der Waals surface area (Å²) >= 11 is 38.9. The fourth-order valence-electron chi connectivity index (χ4n) is 2.60. The van der Waals surface area contributed by atoms with Crippen molar-refractivity contribution >= 4 is 159 Å². The summed E-state index contributed by atoms with van der Waals surface area (Å²) < 4.78 is -2.92. The van der Waals surface area contributed by atoms with E-state index in [1.54, 1.807) is 0 Å². The van der Waals surface area contributed by atoms with Gasteiger partial charge in [-0.15, -0.1) is 0 Å². The second-order valence-electron chi connectivity index (χ2n) is 5.93. The van der Waals surface area contributed by atoms with Crippen molar-refractivity contribution in [1.82, 2.24) is 0 Å². The quantitative estimate of drug-likeness (QED) is 0.243. The first-order chi connectivity index (χ1) is 12.8. The molecule has 0 saturated carbocycles. The molecule has 28 heavy (non-hydrogen) atoms. The van der Waals surface area contributed by atoms with Crippen LogP contribution < -0.4 is 0 Å². The van der Waals surface area contributed by atoms with Gasteiger partial charge < -0.3 is 0 Å². The first kappa shape index (κ1) is 27.5. The van der Waals surface area contributed by atoms with Crippen molar-refractivity contribution in [1.29, 1.82) is 0 Å². The summed E-state index contributed by atoms with van der Waals surface area (Å²) in [5.41, 5.74) is 2.18. The molecule has 0 amide bonds. The Morgan fingerprint density at radius 2 is 1.00 bits per heavy atom. The number of halogens is 10. The van der Waals surface area contributed by atoms with E-state index < -0.39 is 12.9 Å². The van der Waals surface area contributed by atoms with Gasteiger partial charge in [-0.3, -0.25) is 0 Å². The molecule has 0 heterocycles. The fraction of sp³-hybridized carbons (Fsp3) is 0.333. The topological polar surface area (TPSA) is 0 Å². The van der Waals surface area contributed by atoms with Gasteiger partial charge in [0, 0.05) is 5.92 Å². The van der Waals surface area contributed by atoms with Crippen molar-refractivity contribution in [2.45, 2.75) is 22.6 Å². The van der Waals surface area contributed by atoms with Crippen molar-refractivity contribution in [3.63, 3.8) is 0 Å². The largest absolute Gasteiger partial charge is 0.137 e. The summed E-state index contributed by atoms with van der Waals surface area (Å²) in [6.07, 6.45) is 0. The Labute approximate surface area is 249 Å². The minimum atomic E-state index is -0.775. The molecule has 0 aliphatic carbocycles. The predicted molar refractivity (Wildman–Crippen MR) is 159 cm³/mol. The number of alkyl halides is 10. The van der Waals surface area contributed by atoms with Crippen molar-refractivity contribution in [2.24, 2.45) is 0 Å². The summed E-state index contributed by atoms with van der Waals surface area (Å²) in [5.74, 6) is -0.0338. The SMILES string of the molecule is BrC(Br)C(c1ccccc1)C(Br)(Br)C(Br)(Br)C(Br)(Br)C(Br)(Br)c1ccccc1. The van der Waals surface area contributed by atoms with Gasteiger partial charge >= 0.3 is 0 Å². The lowest BCUT2D eigenvalue weighted by Crippen LogP contribution is -2.57. The molecule has 2 rings (SSSR count). The van der Waals surface area contributed by atoms with Crippen LogP contribution in [0.2, 0.25) is 0 Å². The van der Waals surface area contributed by atoms with Crippen molar-refractivity contribution in [3.8, 4) is 0 Å². The molecule has 10 heteroatoms. The molecule has 1 atom stereocenters. The van der Waals surface area contributed by atoms with E-state index in [1.807, 2.05) is 48.5 Å². The number of hydrogen-bond acceptors (Lipinski definition) is 0. The van der Waals surface area contributed by atoms with Gasteiger partial charge in [-0.2, -0.15) is 0 Å². The van der Waals surface area contributed by atoms with E-state index in [2.05, 4.69) is 171 Å². The Balaban J connectivity index is 2.58. The van der Waals surface area contributed by atoms with Crippen LogP contribution in [0.3, 0.4) is 0 Å². The maximum atomic E-state index is 3.97. The maximum Gasteiger partial charge on any atom is 0.137 e. The predicted octanol–water partition coefficient (Wildman–Crippen LogP) is 11.0. The van der Waals surface area contributed by atoms with E-state index in [4.69, 9.17) is 0 Å². The molecule has 154 valence electrons. The van der Waals surface area contributed by atoms with E-state index >= 15 is 0 Å². The van der Waals surface area contributed by atoms with E-state index in [-0.39, 0.29) is 9.65 Å². The third-order valence-corrected chi connectivity index (χ3v) is 20.7. The van der Waals surface area contributed by atoms with Gasteiger partial charge in [0.25, 0.3) is 0 Å². The number of benzene rings is 2. The zero-order chi connectivity index (χ0) is 21.4. The van der Waals surface area contributed by atoms with Gasteiger partial charge in [0.1, 0.15) is 12.9 Å². The molecule has 1 unspecified atom stereocenters. The Morgan fingerprint density at radius 3 is 1.43 bits per heavy atom. The molecule has 0 aromatic heterocycles. The van der Waals surface area contributed by atoms with E-state index in [0.29, 0.717) is 0 Å². The van der Waals surface area contributed by atoms with Crippen LogP contribution in [-0.2, 0) is 3.23 Å². The van der Waals surface area contributed by atoms with E-state index in [1.165, 1.54) is 0 Å². The van der Waals surface area contributed by atoms with Gasteiger partial charge in [0.2, 0.25) is 0 Å². The molecular formula is C18H12Br10. The lowest BCUT2D eigenvalue weighted by atomic mass is 9.93. The summed E-state index contributed by atoms with van der Waals surface area (Å²) in [6, 6.07) is 20.4. The molecule has 0 radical (unpaired) electrons. The van der Waals surface area contributed by atoms with Crippen molar-refractivity contribution in [2.75, 3.05) is 0 Å². The average Bonchev–Trinajstić information content (AvgIpc) is 2.62. The number of rotatable bonds is 7. The smallest absolute Gasteiger partial charge is 0.0757 e. The lowest BCUT2D eigenvalue weighted by molar-refractivity contribution is 0.585. The molecule has 0 bridgehead atoms. The molecule has 2 aromatic carbocycles. The zero-order valence-electron chi connectivity index (χ0n) is 13.7. The molecule has 2 aromatic rings. The highest BCUT2D eigenvalue weighted by Crippen LogP contribution is 2.72. The summed E-state index contributed by atoms with van der Waals surface area (Å²) in [7, 11) is 0. The van der Waals surface area contributed by atoms with Crippen molar-refractivity contribution < 1.29 is 0 Å². The monoisotopic (exact) mass is 1020 g/mol. The molecule has 0 fully saturated rings. The van der Waals surface area contributed by atoms with Crippen LogP contribution in [0.5, 0.6) is 0 Å². The highest BCUT2D eigenvalue weighted by molar-refractivity contribution is 9.34. The maximum absolute atomic E-state index is 3.97. The Hall–Kier alpha value is 3.24. The normalized spacial score (nSPS) is 15.0. The van der Waals surface area contributed by atoms with Crippen molar-refractivity contribution in [3.05, 3.63) is 71.8 Å². The van der Waals surface area contributed by atoms with Crippen LogP contribution in [0.4, 0.5) is 0 Å². The van der Waals surface area contributed by atoms with Gasteiger partial charge in [-0.25, -0.2) is 0 Å². The molecule has 0 nitrogen and oxygen atoms in total. The van der Waals surface area contributed by atoms with Crippen LogP contribution in [0.25, 0.3) is 0 Å². The van der Waals surface area contributed by atoms with Gasteiger partial charge in [0.15, 0.2) is 0 Å². The summed E-state index contributed by atoms with van der Waals surface area (Å²) in [5, 5.41) is 0. The highest BCUT2D eigenvalue weighted by atomic mass is 79.9. The molecule has 0 aliphatic rings. The third kappa shape index (κ3) is 5.31. The molecule has 0 spiro atoms. The second kappa shape index (κ2) is 10.7. The number of hydrogen-bond donors (Lipinski definition) is 0. The first-order valence-electron chi connectivity index (χ1n) is 7.68. The van der Waals surface area contributed by atoms with Gasteiger partial charge in [0.05, 0.1) is 3.74 Å². The Bertz CT molecular complexity index is 771. The second-order valence-corrected chi connectivity index (χ2v) is 23.0. The van der Waals surface area contributed by atoms with Crippen LogP contribution in [0.1, 0.15) is 17.0 Å². The van der Waals surface area contributed by atoms with Crippen LogP contribution in [0.15, 0.2) is 60.7 Å². The standard InChI is InChI=1S/C18H12Br10/c19-14(20)13(11-7-3-1-4-8-11)16(23,24)18(27,28)17(25,26)15(21,22)12-9-5-2-6-10-12/h1-10,13-14H.